The number of ether oxygens (including phenoxy) is 1. The fraction of sp³-hybridized carbons (Fsp3) is 0.625. The van der Waals surface area contributed by atoms with Gasteiger partial charge in [0, 0.05) is 24.2 Å². The highest BCUT2D eigenvalue weighted by atomic mass is 16.5. The second-order valence-electron chi connectivity index (χ2n) is 5.88. The van der Waals surface area contributed by atoms with Gasteiger partial charge in [0.25, 0.3) is 0 Å². The lowest BCUT2D eigenvalue weighted by Crippen LogP contribution is -2.38. The molecule has 0 radical (unpaired) electrons. The van der Waals surface area contributed by atoms with Gasteiger partial charge in [-0.25, -0.2) is 0 Å². The van der Waals surface area contributed by atoms with Gasteiger partial charge in [0.2, 0.25) is 0 Å². The third-order valence-corrected chi connectivity index (χ3v) is 3.74. The fourth-order valence-electron chi connectivity index (χ4n) is 2.74. The van der Waals surface area contributed by atoms with Crippen molar-refractivity contribution in [3.8, 4) is 5.75 Å². The van der Waals surface area contributed by atoms with Crippen LogP contribution in [0.25, 0.3) is 0 Å². The Balaban J connectivity index is 3.21. The number of nitrogens with one attached hydrogen (secondary N) is 2. The number of rotatable bonds is 6. The molecule has 3 nitrogen and oxygen atoms in total. The fourth-order valence-corrected chi connectivity index (χ4v) is 2.74. The molecule has 0 bridgehead atoms. The highest BCUT2D eigenvalue weighted by molar-refractivity contribution is 5.53. The van der Waals surface area contributed by atoms with Gasteiger partial charge in [0.15, 0.2) is 0 Å². The van der Waals surface area contributed by atoms with Crippen LogP contribution in [0.15, 0.2) is 6.07 Å². The van der Waals surface area contributed by atoms with Crippen molar-refractivity contribution in [1.82, 2.24) is 10.6 Å². The zero-order valence-electron chi connectivity index (χ0n) is 13.4. The maximum atomic E-state index is 5.69. The average molecular weight is 264 g/mol. The molecular formula is C16H28N2O. The summed E-state index contributed by atoms with van der Waals surface area (Å²) in [7, 11) is 3.71. The first-order chi connectivity index (χ1) is 8.85. The second-order valence-corrected chi connectivity index (χ2v) is 5.88. The maximum absolute atomic E-state index is 5.69. The van der Waals surface area contributed by atoms with Crippen LogP contribution >= 0.6 is 0 Å². The molecule has 19 heavy (non-hydrogen) atoms. The minimum Gasteiger partial charge on any atom is -0.496 e. The molecular weight excluding hydrogens is 236 g/mol. The monoisotopic (exact) mass is 264 g/mol. The van der Waals surface area contributed by atoms with Crippen molar-refractivity contribution in [3.63, 3.8) is 0 Å². The van der Waals surface area contributed by atoms with Crippen LogP contribution in [0.5, 0.6) is 5.75 Å². The number of hydrogen-bond acceptors (Lipinski definition) is 3. The van der Waals surface area contributed by atoms with E-state index in [-0.39, 0.29) is 5.41 Å². The number of methoxy groups -OCH3 is 1. The minimum absolute atomic E-state index is 0.0325. The molecule has 0 aliphatic rings. The molecule has 0 heterocycles. The zero-order chi connectivity index (χ0) is 14.6. The first kappa shape index (κ1) is 16.0. The van der Waals surface area contributed by atoms with E-state index in [0.717, 1.165) is 19.0 Å². The van der Waals surface area contributed by atoms with Crippen molar-refractivity contribution in [2.45, 2.75) is 40.0 Å². The van der Waals surface area contributed by atoms with Crippen LogP contribution in [-0.4, -0.2) is 27.4 Å². The molecule has 1 rings (SSSR count). The number of benzene rings is 1. The van der Waals surface area contributed by atoms with Gasteiger partial charge >= 0.3 is 0 Å². The van der Waals surface area contributed by atoms with Gasteiger partial charge < -0.3 is 15.4 Å². The molecule has 0 spiro atoms. The Labute approximate surface area is 117 Å². The Morgan fingerprint density at radius 1 is 1.16 bits per heavy atom. The van der Waals surface area contributed by atoms with E-state index in [1.54, 1.807) is 7.11 Å². The SMILES string of the molecule is CNCNCC(C)(C)c1c(C)cc(C)c(C)c1OC. The molecule has 2 N–H and O–H groups in total. The highest BCUT2D eigenvalue weighted by Crippen LogP contribution is 2.37. The van der Waals surface area contributed by atoms with E-state index in [2.05, 4.69) is 51.3 Å². The van der Waals surface area contributed by atoms with Crippen LogP contribution in [0.1, 0.15) is 36.1 Å². The molecule has 0 aliphatic carbocycles. The average Bonchev–Trinajstić information content (AvgIpc) is 2.33. The van der Waals surface area contributed by atoms with Crippen molar-refractivity contribution in [1.29, 1.82) is 0 Å². The molecule has 0 saturated heterocycles. The molecule has 0 aliphatic heterocycles. The molecule has 0 atom stereocenters. The van der Waals surface area contributed by atoms with E-state index in [9.17, 15) is 0 Å². The van der Waals surface area contributed by atoms with Gasteiger partial charge in [-0.1, -0.05) is 19.9 Å². The summed E-state index contributed by atoms with van der Waals surface area (Å²) < 4.78 is 5.69. The summed E-state index contributed by atoms with van der Waals surface area (Å²) in [5, 5.41) is 6.53. The molecule has 0 aromatic heterocycles. The molecule has 1 aromatic carbocycles. The topological polar surface area (TPSA) is 33.3 Å². The predicted octanol–water partition coefficient (Wildman–Crippen LogP) is 2.66. The van der Waals surface area contributed by atoms with Crippen LogP contribution in [-0.2, 0) is 5.41 Å². The predicted molar refractivity (Wildman–Crippen MR) is 82.2 cm³/mol. The van der Waals surface area contributed by atoms with E-state index < -0.39 is 0 Å². The van der Waals surface area contributed by atoms with Crippen molar-refractivity contribution < 1.29 is 4.74 Å². The Morgan fingerprint density at radius 2 is 1.79 bits per heavy atom. The summed E-state index contributed by atoms with van der Waals surface area (Å²) in [5.74, 6) is 1.04. The van der Waals surface area contributed by atoms with Gasteiger partial charge in [-0.15, -0.1) is 0 Å². The van der Waals surface area contributed by atoms with E-state index in [0.29, 0.717) is 0 Å². The minimum atomic E-state index is 0.0325. The molecule has 3 heteroatoms. The first-order valence-electron chi connectivity index (χ1n) is 6.85. The molecule has 0 amide bonds. The summed E-state index contributed by atoms with van der Waals surface area (Å²) in [4.78, 5) is 0. The van der Waals surface area contributed by atoms with Crippen LogP contribution in [0.2, 0.25) is 0 Å². The lowest BCUT2D eigenvalue weighted by molar-refractivity contribution is 0.380. The third-order valence-electron chi connectivity index (χ3n) is 3.74. The molecule has 0 unspecified atom stereocenters. The first-order valence-corrected chi connectivity index (χ1v) is 6.85. The summed E-state index contributed by atoms with van der Waals surface area (Å²) >= 11 is 0. The third kappa shape index (κ3) is 3.48. The largest absolute Gasteiger partial charge is 0.496 e. The molecule has 1 aromatic rings. The van der Waals surface area contributed by atoms with Crippen LogP contribution < -0.4 is 15.4 Å². The van der Waals surface area contributed by atoms with Gasteiger partial charge in [-0.2, -0.15) is 0 Å². The standard InChI is InChI=1S/C16H28N2O/c1-11-8-12(2)14(15(19-7)13(11)3)16(4,5)9-18-10-17-6/h8,17-18H,9-10H2,1-7H3. The highest BCUT2D eigenvalue weighted by Gasteiger charge is 2.27. The Morgan fingerprint density at radius 3 is 2.32 bits per heavy atom. The lowest BCUT2D eigenvalue weighted by atomic mass is 9.79. The molecule has 0 fully saturated rings. The Hall–Kier alpha value is -1.06. The smallest absolute Gasteiger partial charge is 0.126 e. The zero-order valence-corrected chi connectivity index (χ0v) is 13.4. The summed E-state index contributed by atoms with van der Waals surface area (Å²) in [6, 6.07) is 2.26. The van der Waals surface area contributed by atoms with E-state index in [1.165, 1.54) is 22.3 Å². The Kier molecular flexibility index (Phi) is 5.39. The lowest BCUT2D eigenvalue weighted by Gasteiger charge is -2.31. The number of aryl methyl sites for hydroxylation is 2. The van der Waals surface area contributed by atoms with Crippen molar-refractivity contribution >= 4 is 0 Å². The second kappa shape index (κ2) is 6.40. The van der Waals surface area contributed by atoms with Crippen molar-refractivity contribution in [3.05, 3.63) is 28.3 Å². The van der Waals surface area contributed by atoms with E-state index in [4.69, 9.17) is 4.74 Å². The van der Waals surface area contributed by atoms with Crippen molar-refractivity contribution in [2.75, 3.05) is 27.4 Å². The van der Waals surface area contributed by atoms with Gasteiger partial charge in [-0.3, -0.25) is 0 Å². The normalized spacial score (nSPS) is 11.7. The van der Waals surface area contributed by atoms with Gasteiger partial charge in [-0.05, 0) is 44.5 Å². The Bertz CT molecular complexity index is 439. The van der Waals surface area contributed by atoms with E-state index in [1.807, 2.05) is 7.05 Å². The quantitative estimate of drug-likeness (QED) is 0.612. The van der Waals surface area contributed by atoms with E-state index >= 15 is 0 Å². The van der Waals surface area contributed by atoms with Crippen LogP contribution in [0.4, 0.5) is 0 Å². The van der Waals surface area contributed by atoms with Crippen molar-refractivity contribution in [2.24, 2.45) is 0 Å². The summed E-state index contributed by atoms with van der Waals surface area (Å²) in [5.41, 5.74) is 5.17. The molecule has 108 valence electrons. The maximum Gasteiger partial charge on any atom is 0.126 e. The molecule has 0 saturated carbocycles. The van der Waals surface area contributed by atoms with Gasteiger partial charge in [0.1, 0.15) is 5.75 Å². The van der Waals surface area contributed by atoms with Crippen LogP contribution in [0, 0.1) is 20.8 Å². The van der Waals surface area contributed by atoms with Gasteiger partial charge in [0.05, 0.1) is 7.11 Å². The van der Waals surface area contributed by atoms with Crippen LogP contribution in [0.3, 0.4) is 0 Å². The number of hydrogen-bond donors (Lipinski definition) is 2. The summed E-state index contributed by atoms with van der Waals surface area (Å²) in [6.45, 7) is 12.7. The summed E-state index contributed by atoms with van der Waals surface area (Å²) in [6.07, 6.45) is 0.